The number of carbonyl (C=O) groups excluding carboxylic acids is 1. The number of hydrogen-bond donors (Lipinski definition) is 4. The van der Waals surface area contributed by atoms with Gasteiger partial charge in [0, 0.05) is 18.2 Å². The van der Waals surface area contributed by atoms with Gasteiger partial charge in [0.15, 0.2) is 5.76 Å². The van der Waals surface area contributed by atoms with Gasteiger partial charge >= 0.3 is 11.7 Å². The molecule has 10 nitrogen and oxygen atoms in total. The number of hydrogen-bond acceptors (Lipinski definition) is 8. The molecule has 10 heteroatoms. The Bertz CT molecular complexity index is 1180. The number of fused-ring (bicyclic) bond motifs is 1. The van der Waals surface area contributed by atoms with Crippen molar-refractivity contribution in [3.63, 3.8) is 0 Å². The minimum Gasteiger partial charge on any atom is -0.506 e. The molecule has 2 aromatic carbocycles. The Morgan fingerprint density at radius 1 is 1.13 bits per heavy atom. The Labute approximate surface area is 176 Å². The quantitative estimate of drug-likeness (QED) is 0.457. The van der Waals surface area contributed by atoms with Gasteiger partial charge in [-0.25, -0.2) is 9.78 Å². The molecule has 31 heavy (non-hydrogen) atoms. The summed E-state index contributed by atoms with van der Waals surface area (Å²) in [6.07, 6.45) is 0. The van der Waals surface area contributed by atoms with E-state index in [-0.39, 0.29) is 22.9 Å². The van der Waals surface area contributed by atoms with Crippen molar-refractivity contribution in [2.45, 2.75) is 5.72 Å². The molecule has 0 fully saturated rings. The second-order valence-corrected chi connectivity index (χ2v) is 6.74. The van der Waals surface area contributed by atoms with E-state index in [9.17, 15) is 15.0 Å². The van der Waals surface area contributed by atoms with Crippen LogP contribution in [0.25, 0.3) is 16.6 Å². The third kappa shape index (κ3) is 2.96. The maximum absolute atomic E-state index is 12.6. The van der Waals surface area contributed by atoms with E-state index in [0.29, 0.717) is 22.5 Å². The van der Waals surface area contributed by atoms with Crippen molar-refractivity contribution in [2.75, 3.05) is 26.2 Å². The number of aliphatic hydroxyl groups is 2. The lowest BCUT2D eigenvalue weighted by Gasteiger charge is -2.32. The van der Waals surface area contributed by atoms with Crippen molar-refractivity contribution in [3.8, 4) is 11.5 Å². The molecule has 0 bridgehead atoms. The van der Waals surface area contributed by atoms with Gasteiger partial charge in [0.25, 0.3) is 0 Å². The summed E-state index contributed by atoms with van der Waals surface area (Å²) < 4.78 is 15.3. The number of anilines is 1. The number of ether oxygens (including phenoxy) is 3. The predicted octanol–water partition coefficient (Wildman–Crippen LogP) is 2.21. The SMILES string of the molecule is COC(=O)C1(O)C(O)=C(c2nc3ccccc3[nH]2)C(=N)N1c1cc(OC)cc(OC)c1. The number of aromatic amines is 1. The molecule has 4 N–H and O–H groups in total. The lowest BCUT2D eigenvalue weighted by atomic mass is 10.1. The Hall–Kier alpha value is -4.05. The number of aliphatic hydroxyl groups excluding tert-OH is 1. The zero-order chi connectivity index (χ0) is 22.3. The van der Waals surface area contributed by atoms with Crippen molar-refractivity contribution in [2.24, 2.45) is 0 Å². The number of rotatable bonds is 5. The molecular formula is C21H20N4O6. The monoisotopic (exact) mass is 424 g/mol. The molecule has 3 aromatic rings. The molecule has 4 rings (SSSR count). The molecule has 0 spiro atoms. The molecule has 1 unspecified atom stereocenters. The average molecular weight is 424 g/mol. The summed E-state index contributed by atoms with van der Waals surface area (Å²) in [5, 5.41) is 31.0. The summed E-state index contributed by atoms with van der Waals surface area (Å²) in [7, 11) is 3.95. The van der Waals surface area contributed by atoms with Gasteiger partial charge in [-0.3, -0.25) is 10.3 Å². The van der Waals surface area contributed by atoms with Crippen LogP contribution in [0.3, 0.4) is 0 Å². The molecule has 1 aromatic heterocycles. The van der Waals surface area contributed by atoms with Gasteiger partial charge in [0.1, 0.15) is 28.7 Å². The summed E-state index contributed by atoms with van der Waals surface area (Å²) in [6.45, 7) is 0. The molecular weight excluding hydrogens is 404 g/mol. The molecule has 1 aliphatic rings. The van der Waals surface area contributed by atoms with Gasteiger partial charge in [-0.2, -0.15) is 0 Å². The van der Waals surface area contributed by atoms with E-state index in [2.05, 4.69) is 9.97 Å². The number of carbonyl (C=O) groups is 1. The fourth-order valence-corrected chi connectivity index (χ4v) is 3.53. The van der Waals surface area contributed by atoms with E-state index < -0.39 is 17.5 Å². The topological polar surface area (TPSA) is 141 Å². The maximum atomic E-state index is 12.6. The Morgan fingerprint density at radius 3 is 2.35 bits per heavy atom. The smallest absolute Gasteiger partial charge is 0.368 e. The highest BCUT2D eigenvalue weighted by Crippen LogP contribution is 2.43. The molecule has 1 aliphatic heterocycles. The van der Waals surface area contributed by atoms with Crippen LogP contribution in [0.15, 0.2) is 48.2 Å². The van der Waals surface area contributed by atoms with E-state index >= 15 is 0 Å². The minimum absolute atomic E-state index is 0.114. The van der Waals surface area contributed by atoms with Gasteiger partial charge < -0.3 is 29.4 Å². The summed E-state index contributed by atoms with van der Waals surface area (Å²) in [6, 6.07) is 11.7. The standard InChI is InChI=1S/C21H20N4O6/c1-29-12-8-11(9-13(10-12)30-2)25-18(22)16(17(26)21(25,28)20(27)31-3)19-23-14-6-4-5-7-15(14)24-19/h4-10,22,26,28H,1-3H3,(H,23,24). The number of benzene rings is 2. The Morgan fingerprint density at radius 2 is 1.77 bits per heavy atom. The molecule has 0 amide bonds. The van der Waals surface area contributed by atoms with Crippen molar-refractivity contribution in [1.82, 2.24) is 9.97 Å². The molecule has 0 saturated carbocycles. The summed E-state index contributed by atoms with van der Waals surface area (Å²) in [4.78, 5) is 21.0. The van der Waals surface area contributed by atoms with Crippen molar-refractivity contribution >= 4 is 34.1 Å². The number of nitrogens with one attached hydrogen (secondary N) is 2. The third-order valence-electron chi connectivity index (χ3n) is 5.04. The first-order valence-corrected chi connectivity index (χ1v) is 9.17. The van der Waals surface area contributed by atoms with E-state index in [1.807, 2.05) is 0 Å². The number of H-pyrrole nitrogens is 1. The number of imidazole rings is 1. The fraction of sp³-hybridized carbons (Fsp3) is 0.190. The van der Waals surface area contributed by atoms with E-state index in [1.165, 1.54) is 26.4 Å². The molecule has 2 heterocycles. The minimum atomic E-state index is -2.70. The van der Waals surface area contributed by atoms with Gasteiger partial charge in [-0.05, 0) is 12.1 Å². The van der Waals surface area contributed by atoms with Crippen LogP contribution in [0.2, 0.25) is 0 Å². The number of esters is 1. The number of nitrogens with zero attached hydrogens (tertiary/aromatic N) is 2. The lowest BCUT2D eigenvalue weighted by Crippen LogP contribution is -2.55. The molecule has 0 aliphatic carbocycles. The van der Waals surface area contributed by atoms with Crippen molar-refractivity contribution < 1.29 is 29.2 Å². The highest BCUT2D eigenvalue weighted by molar-refractivity contribution is 6.33. The van der Waals surface area contributed by atoms with E-state index in [1.54, 1.807) is 30.3 Å². The first kappa shape index (κ1) is 20.2. The van der Waals surface area contributed by atoms with Crippen LogP contribution in [-0.2, 0) is 9.53 Å². The first-order valence-electron chi connectivity index (χ1n) is 9.17. The fourth-order valence-electron chi connectivity index (χ4n) is 3.53. The number of aromatic nitrogens is 2. The predicted molar refractivity (Wildman–Crippen MR) is 112 cm³/mol. The van der Waals surface area contributed by atoms with Crippen LogP contribution in [0.4, 0.5) is 5.69 Å². The lowest BCUT2D eigenvalue weighted by molar-refractivity contribution is -0.159. The van der Waals surface area contributed by atoms with Crippen LogP contribution in [-0.4, -0.2) is 59.0 Å². The van der Waals surface area contributed by atoms with Crippen LogP contribution < -0.4 is 14.4 Å². The number of amidine groups is 1. The number of methoxy groups -OCH3 is 3. The zero-order valence-electron chi connectivity index (χ0n) is 17.0. The summed E-state index contributed by atoms with van der Waals surface area (Å²) >= 11 is 0. The van der Waals surface area contributed by atoms with Crippen molar-refractivity contribution in [1.29, 1.82) is 5.41 Å². The van der Waals surface area contributed by atoms with Crippen LogP contribution in [0.5, 0.6) is 11.5 Å². The zero-order valence-corrected chi connectivity index (χ0v) is 17.0. The molecule has 1 atom stereocenters. The van der Waals surface area contributed by atoms with Crippen LogP contribution in [0.1, 0.15) is 5.82 Å². The first-order chi connectivity index (χ1) is 14.8. The van der Waals surface area contributed by atoms with Crippen LogP contribution >= 0.6 is 0 Å². The summed E-state index contributed by atoms with van der Waals surface area (Å²) in [5.41, 5.74) is -1.43. The van der Waals surface area contributed by atoms with E-state index in [4.69, 9.17) is 19.6 Å². The third-order valence-corrected chi connectivity index (χ3v) is 5.04. The Kier molecular flexibility index (Phi) is 4.78. The van der Waals surface area contributed by atoms with Gasteiger partial charge in [-0.15, -0.1) is 0 Å². The highest BCUT2D eigenvalue weighted by Gasteiger charge is 2.58. The van der Waals surface area contributed by atoms with Crippen LogP contribution in [0, 0.1) is 5.41 Å². The maximum Gasteiger partial charge on any atom is 0.368 e. The van der Waals surface area contributed by atoms with Crippen molar-refractivity contribution in [3.05, 3.63) is 54.0 Å². The second-order valence-electron chi connectivity index (χ2n) is 6.74. The second kappa shape index (κ2) is 7.33. The average Bonchev–Trinajstić information content (AvgIpc) is 3.29. The Balaban J connectivity index is 1.93. The van der Waals surface area contributed by atoms with E-state index in [0.717, 1.165) is 12.0 Å². The molecule has 0 saturated heterocycles. The summed E-state index contributed by atoms with van der Waals surface area (Å²) in [5.74, 6) is -1.52. The van der Waals surface area contributed by atoms with Gasteiger partial charge in [0.05, 0.1) is 38.1 Å². The highest BCUT2D eigenvalue weighted by atomic mass is 16.5. The molecule has 160 valence electrons. The largest absolute Gasteiger partial charge is 0.506 e. The normalized spacial score (nSPS) is 18.6. The van der Waals surface area contributed by atoms with Gasteiger partial charge in [-0.1, -0.05) is 12.1 Å². The van der Waals surface area contributed by atoms with Gasteiger partial charge in [0.2, 0.25) is 0 Å². The molecule has 0 radical (unpaired) electrons. The number of para-hydroxylation sites is 2.